The highest BCUT2D eigenvalue weighted by Crippen LogP contribution is 2.36. The first kappa shape index (κ1) is 22.0. The van der Waals surface area contributed by atoms with Crippen molar-refractivity contribution in [2.75, 3.05) is 32.7 Å². The minimum Gasteiger partial charge on any atom is -0.490 e. The summed E-state index contributed by atoms with van der Waals surface area (Å²) in [5.41, 5.74) is 4.28. The van der Waals surface area contributed by atoms with E-state index in [4.69, 9.17) is 26.2 Å². The molecule has 154 valence electrons. The SMILES string of the molecule is CCOc1cc(/C=N\Nc2ccc(C(=O)O)cc2)cc(Cl)c1OCC(=O)N(C)C. The average Bonchev–Trinajstić information content (AvgIpc) is 2.67. The number of carboxylic acids is 1. The fourth-order valence-corrected chi connectivity index (χ4v) is 2.47. The molecule has 2 aromatic carbocycles. The zero-order chi connectivity index (χ0) is 21.4. The standard InChI is InChI=1S/C20H22ClN3O5/c1-4-28-17-10-13(9-16(21)19(17)29-12-18(25)24(2)3)11-22-23-15-7-5-14(6-8-15)20(26)27/h5-11,23H,4,12H2,1-3H3,(H,26,27)/b22-11-. The molecule has 0 aliphatic heterocycles. The molecule has 2 aromatic rings. The molecule has 8 nitrogen and oxygen atoms in total. The van der Waals surface area contributed by atoms with Crippen LogP contribution in [0.2, 0.25) is 5.02 Å². The number of hydrogen-bond donors (Lipinski definition) is 2. The second kappa shape index (κ2) is 10.3. The Labute approximate surface area is 173 Å². The minimum absolute atomic E-state index is 0.159. The second-order valence-electron chi connectivity index (χ2n) is 6.09. The molecule has 0 radical (unpaired) electrons. The molecule has 0 aliphatic rings. The number of aromatic carboxylic acids is 1. The van der Waals surface area contributed by atoms with E-state index in [1.54, 1.807) is 38.4 Å². The van der Waals surface area contributed by atoms with Gasteiger partial charge in [-0.25, -0.2) is 4.79 Å². The summed E-state index contributed by atoms with van der Waals surface area (Å²) in [6.45, 7) is 2.06. The van der Waals surface area contributed by atoms with E-state index < -0.39 is 5.97 Å². The third-order valence-corrected chi connectivity index (χ3v) is 3.99. The number of carbonyl (C=O) groups is 2. The zero-order valence-electron chi connectivity index (χ0n) is 16.3. The van der Waals surface area contributed by atoms with E-state index in [2.05, 4.69) is 10.5 Å². The van der Waals surface area contributed by atoms with Gasteiger partial charge in [0.1, 0.15) is 0 Å². The Morgan fingerprint density at radius 3 is 2.48 bits per heavy atom. The fraction of sp³-hybridized carbons (Fsp3) is 0.250. The van der Waals surface area contributed by atoms with Crippen molar-refractivity contribution in [3.63, 3.8) is 0 Å². The van der Waals surface area contributed by atoms with Gasteiger partial charge >= 0.3 is 5.97 Å². The van der Waals surface area contributed by atoms with Crippen LogP contribution in [0.4, 0.5) is 5.69 Å². The molecule has 9 heteroatoms. The van der Waals surface area contributed by atoms with Gasteiger partial charge in [-0.2, -0.15) is 5.10 Å². The molecule has 0 saturated carbocycles. The van der Waals surface area contributed by atoms with Crippen LogP contribution < -0.4 is 14.9 Å². The monoisotopic (exact) mass is 419 g/mol. The maximum absolute atomic E-state index is 11.8. The van der Waals surface area contributed by atoms with Gasteiger partial charge in [-0.05, 0) is 48.9 Å². The Kier molecular flexibility index (Phi) is 7.85. The van der Waals surface area contributed by atoms with Gasteiger partial charge in [-0.15, -0.1) is 0 Å². The molecule has 0 heterocycles. The molecular formula is C20H22ClN3O5. The molecule has 2 N–H and O–H groups in total. The van der Waals surface area contributed by atoms with E-state index in [-0.39, 0.29) is 28.8 Å². The second-order valence-corrected chi connectivity index (χ2v) is 6.50. The molecule has 0 aromatic heterocycles. The van der Waals surface area contributed by atoms with E-state index in [0.717, 1.165) is 0 Å². The molecule has 0 atom stereocenters. The smallest absolute Gasteiger partial charge is 0.335 e. The lowest BCUT2D eigenvalue weighted by Crippen LogP contribution is -2.27. The maximum Gasteiger partial charge on any atom is 0.335 e. The van der Waals surface area contributed by atoms with Gasteiger partial charge in [0.15, 0.2) is 18.1 Å². The summed E-state index contributed by atoms with van der Waals surface area (Å²) in [4.78, 5) is 24.0. The van der Waals surface area contributed by atoms with Crippen LogP contribution in [0.15, 0.2) is 41.5 Å². The Balaban J connectivity index is 2.13. The summed E-state index contributed by atoms with van der Waals surface area (Å²) in [6, 6.07) is 9.51. The number of rotatable bonds is 9. The summed E-state index contributed by atoms with van der Waals surface area (Å²) >= 11 is 6.31. The molecule has 29 heavy (non-hydrogen) atoms. The largest absolute Gasteiger partial charge is 0.490 e. The lowest BCUT2D eigenvalue weighted by atomic mass is 10.2. The van der Waals surface area contributed by atoms with Crippen molar-refractivity contribution in [2.45, 2.75) is 6.92 Å². The summed E-state index contributed by atoms with van der Waals surface area (Å²) < 4.78 is 11.1. The number of nitrogens with zero attached hydrogens (tertiary/aromatic N) is 2. The Bertz CT molecular complexity index is 898. The van der Waals surface area contributed by atoms with Crippen LogP contribution in [0.3, 0.4) is 0 Å². The van der Waals surface area contributed by atoms with Crippen molar-refractivity contribution in [3.8, 4) is 11.5 Å². The van der Waals surface area contributed by atoms with Crippen molar-refractivity contribution in [1.82, 2.24) is 4.90 Å². The highest BCUT2D eigenvalue weighted by Gasteiger charge is 2.14. The number of hydrazone groups is 1. The summed E-state index contributed by atoms with van der Waals surface area (Å²) in [5.74, 6) is -0.503. The Morgan fingerprint density at radius 2 is 1.90 bits per heavy atom. The van der Waals surface area contributed by atoms with Crippen LogP contribution in [-0.2, 0) is 4.79 Å². The average molecular weight is 420 g/mol. The van der Waals surface area contributed by atoms with Crippen molar-refractivity contribution in [2.24, 2.45) is 5.10 Å². The molecule has 0 bridgehead atoms. The number of carbonyl (C=O) groups excluding carboxylic acids is 1. The van der Waals surface area contributed by atoms with E-state index in [0.29, 0.717) is 23.6 Å². The number of hydrogen-bond acceptors (Lipinski definition) is 6. The number of likely N-dealkylation sites (N-methyl/N-ethyl adjacent to an activating group) is 1. The lowest BCUT2D eigenvalue weighted by Gasteiger charge is -2.16. The van der Waals surface area contributed by atoms with E-state index >= 15 is 0 Å². The fourth-order valence-electron chi connectivity index (χ4n) is 2.20. The van der Waals surface area contributed by atoms with Crippen molar-refractivity contribution >= 4 is 35.4 Å². The van der Waals surface area contributed by atoms with Crippen molar-refractivity contribution in [1.29, 1.82) is 0 Å². The van der Waals surface area contributed by atoms with Gasteiger partial charge in [0.2, 0.25) is 0 Å². The van der Waals surface area contributed by atoms with Crippen LogP contribution in [0.5, 0.6) is 11.5 Å². The van der Waals surface area contributed by atoms with Crippen LogP contribution in [0.1, 0.15) is 22.8 Å². The van der Waals surface area contributed by atoms with Crippen molar-refractivity contribution in [3.05, 3.63) is 52.5 Å². The normalized spacial score (nSPS) is 10.6. The number of ether oxygens (including phenoxy) is 2. The predicted octanol–water partition coefficient (Wildman–Crippen LogP) is 3.35. The van der Waals surface area contributed by atoms with E-state index in [9.17, 15) is 9.59 Å². The van der Waals surface area contributed by atoms with Gasteiger partial charge in [0.25, 0.3) is 5.91 Å². The summed E-state index contributed by atoms with van der Waals surface area (Å²) in [6.07, 6.45) is 1.54. The van der Waals surface area contributed by atoms with Gasteiger partial charge in [0, 0.05) is 14.1 Å². The number of benzene rings is 2. The van der Waals surface area contributed by atoms with Crippen LogP contribution in [-0.4, -0.2) is 55.4 Å². The van der Waals surface area contributed by atoms with Gasteiger partial charge in [-0.1, -0.05) is 11.6 Å². The Hall–Kier alpha value is -3.26. The highest BCUT2D eigenvalue weighted by atomic mass is 35.5. The van der Waals surface area contributed by atoms with Crippen LogP contribution >= 0.6 is 11.6 Å². The molecule has 0 fully saturated rings. The van der Waals surface area contributed by atoms with E-state index in [1.807, 2.05) is 6.92 Å². The first-order chi connectivity index (χ1) is 13.8. The highest BCUT2D eigenvalue weighted by molar-refractivity contribution is 6.32. The molecule has 0 spiro atoms. The molecule has 2 rings (SSSR count). The number of carboxylic acid groups (broad SMARTS) is 1. The van der Waals surface area contributed by atoms with Gasteiger partial charge in [-0.3, -0.25) is 10.2 Å². The topological polar surface area (TPSA) is 100 Å². The number of amides is 1. The third kappa shape index (κ3) is 6.39. The zero-order valence-corrected chi connectivity index (χ0v) is 17.1. The van der Waals surface area contributed by atoms with Gasteiger partial charge < -0.3 is 19.5 Å². The molecule has 1 amide bonds. The summed E-state index contributed by atoms with van der Waals surface area (Å²) in [7, 11) is 3.27. The third-order valence-electron chi connectivity index (χ3n) is 3.71. The first-order valence-corrected chi connectivity index (χ1v) is 9.11. The quantitative estimate of drug-likeness (QED) is 0.477. The van der Waals surface area contributed by atoms with Crippen LogP contribution in [0.25, 0.3) is 0 Å². The molecule has 0 aliphatic carbocycles. The van der Waals surface area contributed by atoms with Crippen LogP contribution in [0, 0.1) is 0 Å². The molecule has 0 saturated heterocycles. The molecular weight excluding hydrogens is 398 g/mol. The maximum atomic E-state index is 11.8. The summed E-state index contributed by atoms with van der Waals surface area (Å²) in [5, 5.41) is 13.3. The first-order valence-electron chi connectivity index (χ1n) is 8.73. The predicted molar refractivity (Wildman–Crippen MR) is 111 cm³/mol. The van der Waals surface area contributed by atoms with Gasteiger partial charge in [0.05, 0.1) is 29.1 Å². The number of anilines is 1. The Morgan fingerprint density at radius 1 is 1.21 bits per heavy atom. The number of nitrogens with one attached hydrogen (secondary N) is 1. The van der Waals surface area contributed by atoms with E-state index in [1.165, 1.54) is 23.2 Å². The minimum atomic E-state index is -0.993. The lowest BCUT2D eigenvalue weighted by molar-refractivity contribution is -0.130. The van der Waals surface area contributed by atoms with Crippen molar-refractivity contribution < 1.29 is 24.2 Å². The number of halogens is 1. The molecule has 0 unspecified atom stereocenters.